The van der Waals surface area contributed by atoms with Gasteiger partial charge in [0.05, 0.1) is 10.4 Å². The van der Waals surface area contributed by atoms with Gasteiger partial charge in [0, 0.05) is 5.39 Å². The average Bonchev–Trinajstić information content (AvgIpc) is 3.15. The van der Waals surface area contributed by atoms with Crippen molar-refractivity contribution in [2.24, 2.45) is 0 Å². The summed E-state index contributed by atoms with van der Waals surface area (Å²) in [6.45, 7) is 2.07. The zero-order valence-electron chi connectivity index (χ0n) is 13.2. The molecule has 2 aromatic heterocycles. The van der Waals surface area contributed by atoms with Gasteiger partial charge in [0.2, 0.25) is 5.78 Å². The van der Waals surface area contributed by atoms with E-state index in [4.69, 9.17) is 0 Å². The second-order valence-corrected chi connectivity index (χ2v) is 6.70. The van der Waals surface area contributed by atoms with Gasteiger partial charge in [-0.05, 0) is 47.7 Å². The van der Waals surface area contributed by atoms with Crippen LogP contribution in [0.15, 0.2) is 72.1 Å². The molecular formula is C21H15NOS. The van der Waals surface area contributed by atoms with Crippen LogP contribution in [0.5, 0.6) is 0 Å². The summed E-state index contributed by atoms with van der Waals surface area (Å²) in [7, 11) is 0. The minimum atomic E-state index is -0.0235. The molecule has 116 valence electrons. The second kappa shape index (κ2) is 6.02. The molecule has 0 radical (unpaired) electrons. The smallest absolute Gasteiger partial charge is 0.221 e. The molecule has 0 aliphatic rings. The SMILES string of the molecule is Cc1ccc2nc(C(=O)c3cccs3)cc(-c3ccccc3)c2c1. The van der Waals surface area contributed by atoms with Gasteiger partial charge in [0.1, 0.15) is 5.69 Å². The molecule has 2 aromatic carbocycles. The lowest BCUT2D eigenvalue weighted by molar-refractivity contribution is 0.103. The number of hydrogen-bond acceptors (Lipinski definition) is 3. The highest BCUT2D eigenvalue weighted by Gasteiger charge is 2.15. The summed E-state index contributed by atoms with van der Waals surface area (Å²) in [4.78, 5) is 18.1. The number of thiophene rings is 1. The molecule has 0 saturated carbocycles. The number of rotatable bonds is 3. The Morgan fingerprint density at radius 3 is 2.54 bits per heavy atom. The van der Waals surface area contributed by atoms with Crippen molar-refractivity contribution in [2.75, 3.05) is 0 Å². The first-order valence-electron chi connectivity index (χ1n) is 7.77. The number of ketones is 1. The van der Waals surface area contributed by atoms with Gasteiger partial charge in [-0.25, -0.2) is 4.98 Å². The Morgan fingerprint density at radius 2 is 1.79 bits per heavy atom. The van der Waals surface area contributed by atoms with Crippen molar-refractivity contribution >= 4 is 28.0 Å². The van der Waals surface area contributed by atoms with Crippen molar-refractivity contribution in [3.8, 4) is 11.1 Å². The summed E-state index contributed by atoms with van der Waals surface area (Å²) in [5.74, 6) is -0.0235. The Bertz CT molecular complexity index is 1020. The van der Waals surface area contributed by atoms with Crippen LogP contribution in [0.4, 0.5) is 0 Å². The van der Waals surface area contributed by atoms with Crippen molar-refractivity contribution in [2.45, 2.75) is 6.92 Å². The largest absolute Gasteiger partial charge is 0.286 e. The van der Waals surface area contributed by atoms with Gasteiger partial charge in [0.25, 0.3) is 0 Å². The van der Waals surface area contributed by atoms with Gasteiger partial charge in [-0.15, -0.1) is 11.3 Å². The summed E-state index contributed by atoms with van der Waals surface area (Å²) < 4.78 is 0. The van der Waals surface area contributed by atoms with Crippen molar-refractivity contribution in [3.63, 3.8) is 0 Å². The highest BCUT2D eigenvalue weighted by Crippen LogP contribution is 2.30. The number of pyridine rings is 1. The van der Waals surface area contributed by atoms with Crippen molar-refractivity contribution < 1.29 is 4.79 Å². The zero-order chi connectivity index (χ0) is 16.5. The van der Waals surface area contributed by atoms with Gasteiger partial charge in [-0.1, -0.05) is 48.0 Å². The van der Waals surface area contributed by atoms with E-state index in [1.54, 1.807) is 0 Å². The van der Waals surface area contributed by atoms with Crippen LogP contribution >= 0.6 is 11.3 Å². The van der Waals surface area contributed by atoms with E-state index in [-0.39, 0.29) is 5.78 Å². The van der Waals surface area contributed by atoms with Crippen LogP contribution in [0.2, 0.25) is 0 Å². The normalized spacial score (nSPS) is 10.9. The maximum absolute atomic E-state index is 12.7. The topological polar surface area (TPSA) is 30.0 Å². The average molecular weight is 329 g/mol. The van der Waals surface area contributed by atoms with Crippen LogP contribution in [0, 0.1) is 6.92 Å². The van der Waals surface area contributed by atoms with E-state index in [1.165, 1.54) is 16.9 Å². The van der Waals surface area contributed by atoms with Crippen LogP contribution in [-0.4, -0.2) is 10.8 Å². The first kappa shape index (κ1) is 14.8. The summed E-state index contributed by atoms with van der Waals surface area (Å²) in [6.07, 6.45) is 0. The third-order valence-corrected chi connectivity index (χ3v) is 4.90. The number of hydrogen-bond donors (Lipinski definition) is 0. The highest BCUT2D eigenvalue weighted by molar-refractivity contribution is 7.12. The predicted molar refractivity (Wildman–Crippen MR) is 99.7 cm³/mol. The lowest BCUT2D eigenvalue weighted by atomic mass is 9.98. The molecule has 0 atom stereocenters. The quantitative estimate of drug-likeness (QED) is 0.464. The molecule has 0 spiro atoms. The van der Waals surface area contributed by atoms with Gasteiger partial charge in [-0.2, -0.15) is 0 Å². The fourth-order valence-electron chi connectivity index (χ4n) is 2.85. The number of aryl methyl sites for hydroxylation is 1. The molecular weight excluding hydrogens is 314 g/mol. The number of carbonyl (C=O) groups excluding carboxylic acids is 1. The third-order valence-electron chi connectivity index (χ3n) is 4.03. The molecule has 0 saturated heterocycles. The molecule has 0 bridgehead atoms. The second-order valence-electron chi connectivity index (χ2n) is 5.75. The minimum absolute atomic E-state index is 0.0235. The van der Waals surface area contributed by atoms with Crippen molar-refractivity contribution in [1.82, 2.24) is 4.98 Å². The minimum Gasteiger partial charge on any atom is -0.286 e. The van der Waals surface area contributed by atoms with Crippen LogP contribution in [-0.2, 0) is 0 Å². The maximum atomic E-state index is 12.7. The molecule has 0 fully saturated rings. The van der Waals surface area contributed by atoms with Crippen LogP contribution in [0.3, 0.4) is 0 Å². The van der Waals surface area contributed by atoms with Crippen molar-refractivity contribution in [1.29, 1.82) is 0 Å². The number of nitrogens with zero attached hydrogens (tertiary/aromatic N) is 1. The molecule has 0 amide bonds. The molecule has 2 heterocycles. The Morgan fingerprint density at radius 1 is 0.958 bits per heavy atom. The summed E-state index contributed by atoms with van der Waals surface area (Å²) in [5.41, 5.74) is 4.66. The number of benzene rings is 2. The van der Waals surface area contributed by atoms with E-state index in [1.807, 2.05) is 53.9 Å². The van der Waals surface area contributed by atoms with E-state index >= 15 is 0 Å². The monoisotopic (exact) mass is 329 g/mol. The molecule has 4 aromatic rings. The van der Waals surface area contributed by atoms with Gasteiger partial charge >= 0.3 is 0 Å². The van der Waals surface area contributed by atoms with Crippen LogP contribution < -0.4 is 0 Å². The Balaban J connectivity index is 1.98. The van der Waals surface area contributed by atoms with E-state index in [2.05, 4.69) is 30.1 Å². The maximum Gasteiger partial charge on any atom is 0.221 e. The Kier molecular flexibility index (Phi) is 3.71. The zero-order valence-corrected chi connectivity index (χ0v) is 14.0. The third kappa shape index (κ3) is 2.63. The molecule has 3 heteroatoms. The molecule has 24 heavy (non-hydrogen) atoms. The fourth-order valence-corrected chi connectivity index (χ4v) is 3.52. The Labute approximate surface area is 144 Å². The molecule has 0 unspecified atom stereocenters. The van der Waals surface area contributed by atoms with Gasteiger partial charge < -0.3 is 0 Å². The first-order chi connectivity index (χ1) is 11.7. The van der Waals surface area contributed by atoms with Gasteiger partial charge in [0.15, 0.2) is 0 Å². The highest BCUT2D eigenvalue weighted by atomic mass is 32.1. The lowest BCUT2D eigenvalue weighted by Gasteiger charge is -2.10. The van der Waals surface area contributed by atoms with E-state index in [9.17, 15) is 4.79 Å². The van der Waals surface area contributed by atoms with Crippen LogP contribution in [0.25, 0.3) is 22.0 Å². The van der Waals surface area contributed by atoms with E-state index in [0.717, 1.165) is 22.0 Å². The molecule has 0 aliphatic carbocycles. The number of fused-ring (bicyclic) bond motifs is 1. The van der Waals surface area contributed by atoms with Gasteiger partial charge in [-0.3, -0.25) is 4.79 Å². The fraction of sp³-hybridized carbons (Fsp3) is 0.0476. The molecule has 2 nitrogen and oxygen atoms in total. The first-order valence-corrected chi connectivity index (χ1v) is 8.65. The Hall–Kier alpha value is -2.78. The number of carbonyl (C=O) groups is 1. The van der Waals surface area contributed by atoms with Crippen LogP contribution in [0.1, 0.15) is 20.9 Å². The standard InChI is InChI=1S/C21H15NOS/c1-14-9-10-18-17(12-14)16(15-6-3-2-4-7-15)13-19(22-18)21(23)20-8-5-11-24-20/h2-13H,1H3. The van der Waals surface area contributed by atoms with E-state index in [0.29, 0.717) is 10.6 Å². The molecule has 0 N–H and O–H groups in total. The molecule has 4 rings (SSSR count). The van der Waals surface area contributed by atoms with E-state index < -0.39 is 0 Å². The summed E-state index contributed by atoms with van der Waals surface area (Å²) >= 11 is 1.45. The summed E-state index contributed by atoms with van der Waals surface area (Å²) in [5, 5.41) is 2.99. The predicted octanol–water partition coefficient (Wildman–Crippen LogP) is 5.50. The van der Waals surface area contributed by atoms with Crippen molar-refractivity contribution in [3.05, 3.63) is 88.2 Å². The molecule has 0 aliphatic heterocycles. The summed E-state index contributed by atoms with van der Waals surface area (Å²) in [6, 6.07) is 21.9. The number of aromatic nitrogens is 1. The lowest BCUT2D eigenvalue weighted by Crippen LogP contribution is -2.03.